The maximum atomic E-state index is 12.3. The molecule has 0 atom stereocenters. The van der Waals surface area contributed by atoms with E-state index in [1.807, 2.05) is 6.92 Å². The van der Waals surface area contributed by atoms with Gasteiger partial charge in [-0.3, -0.25) is 5.10 Å². The van der Waals surface area contributed by atoms with Gasteiger partial charge in [0.15, 0.2) is 0 Å². The fourth-order valence-electron chi connectivity index (χ4n) is 1.64. The molecule has 108 valence electrons. The van der Waals surface area contributed by atoms with E-state index in [1.165, 1.54) is 0 Å². The van der Waals surface area contributed by atoms with Crippen LogP contribution >= 0.6 is 11.8 Å². The third-order valence-corrected chi connectivity index (χ3v) is 3.82. The van der Waals surface area contributed by atoms with Gasteiger partial charge in [0.25, 0.3) is 0 Å². The number of para-hydroxylation sites is 1. The SMILES string of the molecule is Cc1[nH]ncc1CNc1ccccc1SCC(F)(F)F. The third-order valence-electron chi connectivity index (χ3n) is 2.68. The van der Waals surface area contributed by atoms with Gasteiger partial charge in [-0.05, 0) is 19.1 Å². The first kappa shape index (κ1) is 14.8. The molecule has 0 fully saturated rings. The highest BCUT2D eigenvalue weighted by Crippen LogP contribution is 2.32. The van der Waals surface area contributed by atoms with Gasteiger partial charge in [0.2, 0.25) is 0 Å². The number of alkyl halides is 3. The molecule has 0 spiro atoms. The maximum Gasteiger partial charge on any atom is 0.398 e. The molecule has 1 heterocycles. The summed E-state index contributed by atoms with van der Waals surface area (Å²) in [7, 11) is 0. The average Bonchev–Trinajstić information content (AvgIpc) is 2.79. The lowest BCUT2D eigenvalue weighted by molar-refractivity contribution is -0.105. The van der Waals surface area contributed by atoms with Crippen LogP contribution in [0.1, 0.15) is 11.3 Å². The van der Waals surface area contributed by atoms with E-state index in [4.69, 9.17) is 0 Å². The molecule has 2 aromatic rings. The standard InChI is InChI=1S/C13H14F3N3S/c1-9-10(7-18-19-9)6-17-11-4-2-3-5-12(11)20-8-13(14,15)16/h2-5,7,17H,6,8H2,1H3,(H,18,19). The molecule has 1 aromatic carbocycles. The Morgan fingerprint density at radius 2 is 2.05 bits per heavy atom. The molecule has 0 bridgehead atoms. The highest BCUT2D eigenvalue weighted by Gasteiger charge is 2.27. The average molecular weight is 301 g/mol. The van der Waals surface area contributed by atoms with Crippen molar-refractivity contribution in [2.24, 2.45) is 0 Å². The molecule has 20 heavy (non-hydrogen) atoms. The van der Waals surface area contributed by atoms with Crippen molar-refractivity contribution in [3.63, 3.8) is 0 Å². The van der Waals surface area contributed by atoms with E-state index >= 15 is 0 Å². The summed E-state index contributed by atoms with van der Waals surface area (Å²) in [6, 6.07) is 6.98. The molecule has 0 radical (unpaired) electrons. The highest BCUT2D eigenvalue weighted by molar-refractivity contribution is 7.99. The molecule has 0 unspecified atom stereocenters. The molecule has 7 heteroatoms. The first-order valence-electron chi connectivity index (χ1n) is 5.97. The number of anilines is 1. The van der Waals surface area contributed by atoms with Crippen LogP contribution in [0.4, 0.5) is 18.9 Å². The topological polar surface area (TPSA) is 40.7 Å². The van der Waals surface area contributed by atoms with E-state index < -0.39 is 11.9 Å². The zero-order valence-corrected chi connectivity index (χ0v) is 11.6. The Bertz CT molecular complexity index is 566. The second kappa shape index (κ2) is 6.21. The fraction of sp³-hybridized carbons (Fsp3) is 0.308. The monoisotopic (exact) mass is 301 g/mol. The fourth-order valence-corrected chi connectivity index (χ4v) is 2.43. The first-order chi connectivity index (χ1) is 9.46. The number of nitrogens with zero attached hydrogens (tertiary/aromatic N) is 1. The summed E-state index contributed by atoms with van der Waals surface area (Å²) < 4.78 is 36.8. The molecule has 0 aliphatic rings. The van der Waals surface area contributed by atoms with Crippen LogP contribution in [0.2, 0.25) is 0 Å². The van der Waals surface area contributed by atoms with E-state index in [9.17, 15) is 13.2 Å². The quantitative estimate of drug-likeness (QED) is 0.821. The van der Waals surface area contributed by atoms with Crippen LogP contribution in [-0.4, -0.2) is 22.1 Å². The summed E-state index contributed by atoms with van der Waals surface area (Å²) in [5, 5.41) is 9.87. The van der Waals surface area contributed by atoms with E-state index in [0.29, 0.717) is 17.1 Å². The summed E-state index contributed by atoms with van der Waals surface area (Å²) in [6.07, 6.45) is -2.47. The van der Waals surface area contributed by atoms with Crippen molar-refractivity contribution >= 4 is 17.4 Å². The zero-order chi connectivity index (χ0) is 14.6. The van der Waals surface area contributed by atoms with Gasteiger partial charge in [-0.1, -0.05) is 12.1 Å². The number of aryl methyl sites for hydroxylation is 1. The van der Waals surface area contributed by atoms with E-state index in [-0.39, 0.29) is 0 Å². The van der Waals surface area contributed by atoms with Crippen molar-refractivity contribution in [1.82, 2.24) is 10.2 Å². The third kappa shape index (κ3) is 4.19. The van der Waals surface area contributed by atoms with Gasteiger partial charge in [0, 0.05) is 28.4 Å². The number of nitrogens with one attached hydrogen (secondary N) is 2. The number of aromatic nitrogens is 2. The summed E-state index contributed by atoms with van der Waals surface area (Å²) in [4.78, 5) is 0.589. The van der Waals surface area contributed by atoms with Crippen molar-refractivity contribution in [2.45, 2.75) is 24.5 Å². The smallest absolute Gasteiger partial charge is 0.380 e. The predicted octanol–water partition coefficient (Wildman–Crippen LogP) is 3.98. The van der Waals surface area contributed by atoms with Crippen molar-refractivity contribution in [3.05, 3.63) is 41.7 Å². The molecule has 2 rings (SSSR count). The lowest BCUT2D eigenvalue weighted by Gasteiger charge is -2.12. The molecule has 0 saturated carbocycles. The molecule has 0 aliphatic heterocycles. The molecule has 0 amide bonds. The van der Waals surface area contributed by atoms with Gasteiger partial charge < -0.3 is 5.32 Å². The summed E-state index contributed by atoms with van der Waals surface area (Å²) >= 11 is 0.784. The Labute approximate surface area is 119 Å². The van der Waals surface area contributed by atoms with E-state index in [0.717, 1.165) is 23.0 Å². The Hall–Kier alpha value is -1.63. The summed E-state index contributed by atoms with van der Waals surface area (Å²) in [6.45, 7) is 2.42. The maximum absolute atomic E-state index is 12.3. The molecule has 0 aliphatic carbocycles. The lowest BCUT2D eigenvalue weighted by atomic mass is 10.2. The Kier molecular flexibility index (Phi) is 4.59. The largest absolute Gasteiger partial charge is 0.398 e. The number of benzene rings is 1. The zero-order valence-electron chi connectivity index (χ0n) is 10.8. The summed E-state index contributed by atoms with van der Waals surface area (Å²) in [5.74, 6) is -0.892. The van der Waals surface area contributed by atoms with Gasteiger partial charge >= 0.3 is 6.18 Å². The van der Waals surface area contributed by atoms with Crippen LogP contribution in [0.15, 0.2) is 35.4 Å². The highest BCUT2D eigenvalue weighted by atomic mass is 32.2. The van der Waals surface area contributed by atoms with Crippen molar-refractivity contribution in [2.75, 3.05) is 11.1 Å². The Balaban J connectivity index is 2.02. The minimum Gasteiger partial charge on any atom is -0.380 e. The number of halogens is 3. The van der Waals surface area contributed by atoms with Crippen LogP contribution in [0, 0.1) is 6.92 Å². The molecule has 0 saturated heterocycles. The predicted molar refractivity (Wildman–Crippen MR) is 73.9 cm³/mol. The van der Waals surface area contributed by atoms with Crippen molar-refractivity contribution < 1.29 is 13.2 Å². The molecule has 2 N–H and O–H groups in total. The number of hydrogen-bond acceptors (Lipinski definition) is 3. The van der Waals surface area contributed by atoms with E-state index in [2.05, 4.69) is 15.5 Å². The number of hydrogen-bond donors (Lipinski definition) is 2. The molecular weight excluding hydrogens is 287 g/mol. The second-order valence-electron chi connectivity index (χ2n) is 4.27. The van der Waals surface area contributed by atoms with Crippen LogP contribution in [0.3, 0.4) is 0 Å². The normalized spacial score (nSPS) is 11.6. The lowest BCUT2D eigenvalue weighted by Crippen LogP contribution is -2.11. The van der Waals surface area contributed by atoms with Crippen LogP contribution in [-0.2, 0) is 6.54 Å². The van der Waals surface area contributed by atoms with Gasteiger partial charge in [-0.25, -0.2) is 0 Å². The van der Waals surface area contributed by atoms with Crippen LogP contribution in [0.5, 0.6) is 0 Å². The molecule has 1 aromatic heterocycles. The minimum absolute atomic E-state index is 0.520. The minimum atomic E-state index is -4.17. The van der Waals surface area contributed by atoms with Gasteiger partial charge in [-0.2, -0.15) is 18.3 Å². The number of H-pyrrole nitrogens is 1. The second-order valence-corrected chi connectivity index (χ2v) is 5.29. The first-order valence-corrected chi connectivity index (χ1v) is 6.95. The van der Waals surface area contributed by atoms with Crippen molar-refractivity contribution in [1.29, 1.82) is 0 Å². The Morgan fingerprint density at radius 1 is 1.30 bits per heavy atom. The van der Waals surface area contributed by atoms with Crippen LogP contribution < -0.4 is 5.32 Å². The summed E-state index contributed by atoms with van der Waals surface area (Å²) in [5.41, 5.74) is 2.63. The van der Waals surface area contributed by atoms with Gasteiger partial charge in [0.05, 0.1) is 11.9 Å². The molecular formula is C13H14F3N3S. The van der Waals surface area contributed by atoms with Crippen LogP contribution in [0.25, 0.3) is 0 Å². The number of aromatic amines is 1. The van der Waals surface area contributed by atoms with Gasteiger partial charge in [0.1, 0.15) is 0 Å². The van der Waals surface area contributed by atoms with Gasteiger partial charge in [-0.15, -0.1) is 11.8 Å². The number of rotatable bonds is 5. The van der Waals surface area contributed by atoms with E-state index in [1.54, 1.807) is 30.5 Å². The Morgan fingerprint density at radius 3 is 2.70 bits per heavy atom. The number of thioether (sulfide) groups is 1. The molecule has 3 nitrogen and oxygen atoms in total. The van der Waals surface area contributed by atoms with Crippen molar-refractivity contribution in [3.8, 4) is 0 Å².